The number of carbonyl (C=O) groups excluding carboxylic acids is 1. The zero-order chi connectivity index (χ0) is 20.1. The zero-order valence-electron chi connectivity index (χ0n) is 17.0. The summed E-state index contributed by atoms with van der Waals surface area (Å²) in [6, 6.07) is 14.4. The summed E-state index contributed by atoms with van der Waals surface area (Å²) in [6.07, 6.45) is 3.60. The predicted octanol–water partition coefficient (Wildman–Crippen LogP) is 5.25. The van der Waals surface area contributed by atoms with E-state index in [-0.39, 0.29) is 11.2 Å². The molecule has 2 aromatic rings. The number of rotatable bonds is 6. The topological polar surface area (TPSA) is 45.0 Å². The van der Waals surface area contributed by atoms with E-state index in [2.05, 4.69) is 62.2 Å². The van der Waals surface area contributed by atoms with E-state index in [1.165, 1.54) is 28.5 Å². The number of thioether (sulfide) groups is 1. The minimum atomic E-state index is -0.0657. The Bertz CT molecular complexity index is 920. The van der Waals surface area contributed by atoms with Gasteiger partial charge in [-0.2, -0.15) is 5.10 Å². The molecule has 1 fully saturated rings. The van der Waals surface area contributed by atoms with Crippen molar-refractivity contribution in [3.63, 3.8) is 0 Å². The number of hydrogen-bond donors (Lipinski definition) is 0. The van der Waals surface area contributed by atoms with Gasteiger partial charge in [0.1, 0.15) is 0 Å². The summed E-state index contributed by atoms with van der Waals surface area (Å²) < 4.78 is 0. The standard InChI is InChI=1S/C23H27N3OS/c1-5-8-21-22(27)26(15-20-10-7-6-9-17(20)3)23(28-21)25-24-14-19-12-11-16(2)13-18(19)4/h6-7,9-14,21H,5,8,15H2,1-4H3. The highest BCUT2D eigenvalue weighted by Gasteiger charge is 2.37. The molecule has 0 aliphatic carbocycles. The number of carbonyl (C=O) groups is 1. The maximum absolute atomic E-state index is 12.9. The molecule has 1 atom stereocenters. The molecule has 4 nitrogen and oxygen atoms in total. The second-order valence-corrected chi connectivity index (χ2v) is 8.40. The summed E-state index contributed by atoms with van der Waals surface area (Å²) in [7, 11) is 0. The van der Waals surface area contributed by atoms with E-state index in [1.54, 1.807) is 11.1 Å². The number of aryl methyl sites for hydroxylation is 3. The van der Waals surface area contributed by atoms with Gasteiger partial charge in [-0.05, 0) is 49.4 Å². The van der Waals surface area contributed by atoms with Crippen LogP contribution in [0, 0.1) is 20.8 Å². The highest BCUT2D eigenvalue weighted by atomic mass is 32.2. The van der Waals surface area contributed by atoms with Crippen LogP contribution in [0.1, 0.15) is 47.6 Å². The third-order valence-corrected chi connectivity index (χ3v) is 6.16. The molecule has 0 aromatic heterocycles. The van der Waals surface area contributed by atoms with Crippen molar-refractivity contribution in [3.05, 3.63) is 70.3 Å². The lowest BCUT2D eigenvalue weighted by molar-refractivity contribution is -0.126. The molecule has 1 aliphatic heterocycles. The maximum atomic E-state index is 12.9. The second-order valence-electron chi connectivity index (χ2n) is 7.23. The van der Waals surface area contributed by atoms with E-state index < -0.39 is 0 Å². The summed E-state index contributed by atoms with van der Waals surface area (Å²) in [6.45, 7) is 8.86. The molecule has 146 valence electrons. The van der Waals surface area contributed by atoms with Crippen LogP contribution < -0.4 is 0 Å². The average molecular weight is 394 g/mol. The molecule has 0 bridgehead atoms. The van der Waals surface area contributed by atoms with E-state index in [0.29, 0.717) is 11.7 Å². The van der Waals surface area contributed by atoms with Gasteiger partial charge in [-0.1, -0.05) is 73.1 Å². The van der Waals surface area contributed by atoms with Crippen molar-refractivity contribution >= 4 is 29.1 Å². The summed E-state index contributed by atoms with van der Waals surface area (Å²) in [5.74, 6) is 0.135. The summed E-state index contributed by atoms with van der Waals surface area (Å²) in [5.41, 5.74) is 5.75. The lowest BCUT2D eigenvalue weighted by atomic mass is 10.1. The fraction of sp³-hybridized carbons (Fsp3) is 0.348. The van der Waals surface area contributed by atoms with Gasteiger partial charge in [0.15, 0.2) is 5.17 Å². The Balaban J connectivity index is 1.84. The van der Waals surface area contributed by atoms with Gasteiger partial charge in [-0.15, -0.1) is 5.10 Å². The predicted molar refractivity (Wildman–Crippen MR) is 119 cm³/mol. The molecule has 0 N–H and O–H groups in total. The van der Waals surface area contributed by atoms with Gasteiger partial charge in [-0.3, -0.25) is 9.69 Å². The quantitative estimate of drug-likeness (QED) is 0.497. The van der Waals surface area contributed by atoms with Crippen LogP contribution in [0.2, 0.25) is 0 Å². The minimum Gasteiger partial charge on any atom is -0.284 e. The van der Waals surface area contributed by atoms with Crippen molar-refractivity contribution in [1.82, 2.24) is 4.90 Å². The van der Waals surface area contributed by atoms with Gasteiger partial charge in [0.05, 0.1) is 18.0 Å². The van der Waals surface area contributed by atoms with Gasteiger partial charge in [0.2, 0.25) is 5.91 Å². The molecular weight excluding hydrogens is 366 g/mol. The van der Waals surface area contributed by atoms with E-state index in [0.717, 1.165) is 24.0 Å². The van der Waals surface area contributed by atoms with Crippen LogP contribution in [0.4, 0.5) is 0 Å². The number of amides is 1. The Hall–Kier alpha value is -2.40. The van der Waals surface area contributed by atoms with Crippen molar-refractivity contribution in [2.24, 2.45) is 10.2 Å². The number of hydrogen-bond acceptors (Lipinski definition) is 4. The first-order valence-electron chi connectivity index (χ1n) is 9.70. The third-order valence-electron chi connectivity index (χ3n) is 4.93. The summed E-state index contributed by atoms with van der Waals surface area (Å²) in [5, 5.41) is 9.35. The summed E-state index contributed by atoms with van der Waals surface area (Å²) in [4.78, 5) is 14.7. The number of benzene rings is 2. The zero-order valence-corrected chi connectivity index (χ0v) is 17.8. The first-order chi connectivity index (χ1) is 13.5. The van der Waals surface area contributed by atoms with Crippen LogP contribution in [-0.4, -0.2) is 27.4 Å². The van der Waals surface area contributed by atoms with Gasteiger partial charge in [0.25, 0.3) is 0 Å². The number of amidine groups is 1. The van der Waals surface area contributed by atoms with Crippen molar-refractivity contribution in [2.45, 2.75) is 52.3 Å². The van der Waals surface area contributed by atoms with Crippen LogP contribution >= 0.6 is 11.8 Å². The Morgan fingerprint density at radius 1 is 1.11 bits per heavy atom. The molecule has 0 spiro atoms. The van der Waals surface area contributed by atoms with Gasteiger partial charge < -0.3 is 0 Å². The summed E-state index contributed by atoms with van der Waals surface area (Å²) >= 11 is 1.53. The van der Waals surface area contributed by atoms with Crippen molar-refractivity contribution in [2.75, 3.05) is 0 Å². The molecule has 1 amide bonds. The average Bonchev–Trinajstić information content (AvgIpc) is 2.95. The van der Waals surface area contributed by atoms with Crippen LogP contribution in [-0.2, 0) is 11.3 Å². The Morgan fingerprint density at radius 3 is 2.61 bits per heavy atom. The molecular formula is C23H27N3OS. The van der Waals surface area contributed by atoms with E-state index in [9.17, 15) is 4.79 Å². The Morgan fingerprint density at radius 2 is 1.89 bits per heavy atom. The molecule has 2 aromatic carbocycles. The normalized spacial score (nSPS) is 18.6. The van der Waals surface area contributed by atoms with Crippen molar-refractivity contribution < 1.29 is 4.79 Å². The first kappa shape index (κ1) is 20.3. The van der Waals surface area contributed by atoms with E-state index in [1.807, 2.05) is 18.2 Å². The molecule has 0 radical (unpaired) electrons. The SMILES string of the molecule is CCCC1SC(=NN=Cc2ccc(C)cc2C)N(Cc2ccccc2C)C1=O. The Kier molecular flexibility index (Phi) is 6.68. The minimum absolute atomic E-state index is 0.0657. The maximum Gasteiger partial charge on any atom is 0.242 e. The van der Waals surface area contributed by atoms with Gasteiger partial charge in [-0.25, -0.2) is 0 Å². The van der Waals surface area contributed by atoms with Gasteiger partial charge >= 0.3 is 0 Å². The van der Waals surface area contributed by atoms with Crippen LogP contribution in [0.3, 0.4) is 0 Å². The van der Waals surface area contributed by atoms with Crippen molar-refractivity contribution in [1.29, 1.82) is 0 Å². The second kappa shape index (κ2) is 9.20. The molecule has 1 unspecified atom stereocenters. The smallest absolute Gasteiger partial charge is 0.242 e. The van der Waals surface area contributed by atoms with Crippen LogP contribution in [0.5, 0.6) is 0 Å². The molecule has 3 rings (SSSR count). The highest BCUT2D eigenvalue weighted by molar-refractivity contribution is 8.15. The third kappa shape index (κ3) is 4.71. The van der Waals surface area contributed by atoms with Crippen LogP contribution in [0.15, 0.2) is 52.7 Å². The largest absolute Gasteiger partial charge is 0.284 e. The fourth-order valence-corrected chi connectivity index (χ4v) is 4.46. The highest BCUT2D eigenvalue weighted by Crippen LogP contribution is 2.32. The monoisotopic (exact) mass is 393 g/mol. The van der Waals surface area contributed by atoms with Crippen molar-refractivity contribution in [3.8, 4) is 0 Å². The van der Waals surface area contributed by atoms with E-state index in [4.69, 9.17) is 0 Å². The molecule has 1 saturated heterocycles. The lowest BCUT2D eigenvalue weighted by Gasteiger charge is -2.17. The fourth-order valence-electron chi connectivity index (χ4n) is 3.25. The molecule has 1 heterocycles. The van der Waals surface area contributed by atoms with Gasteiger partial charge in [0, 0.05) is 0 Å². The first-order valence-corrected chi connectivity index (χ1v) is 10.6. The Labute approximate surface area is 171 Å². The number of nitrogens with zero attached hydrogens (tertiary/aromatic N) is 3. The molecule has 0 saturated carbocycles. The molecule has 28 heavy (non-hydrogen) atoms. The van der Waals surface area contributed by atoms with E-state index >= 15 is 0 Å². The molecule has 5 heteroatoms. The lowest BCUT2D eigenvalue weighted by Crippen LogP contribution is -2.31. The molecule has 1 aliphatic rings. The van der Waals surface area contributed by atoms with Crippen LogP contribution in [0.25, 0.3) is 0 Å².